The highest BCUT2D eigenvalue weighted by molar-refractivity contribution is 6.28. The van der Waals surface area contributed by atoms with E-state index < -0.39 is 22.8 Å². The summed E-state index contributed by atoms with van der Waals surface area (Å²) in [6, 6.07) is 6.91. The highest BCUT2D eigenvalue weighted by Crippen LogP contribution is 2.28. The van der Waals surface area contributed by atoms with Crippen molar-refractivity contribution in [1.29, 1.82) is 0 Å². The second-order valence-electron chi connectivity index (χ2n) is 4.28. The second kappa shape index (κ2) is 4.62. The Morgan fingerprint density at radius 1 is 0.824 bits per heavy atom. The lowest BCUT2D eigenvalue weighted by atomic mass is 9.71. The van der Waals surface area contributed by atoms with Gasteiger partial charge < -0.3 is 0 Å². The normalized spacial score (nSPS) is 11.1. The third kappa shape index (κ3) is 2.05. The molecular formula is C14H16O3. The van der Waals surface area contributed by atoms with Gasteiger partial charge in [0.25, 0.3) is 0 Å². The maximum atomic E-state index is 11.8. The maximum absolute atomic E-state index is 11.8. The summed E-state index contributed by atoms with van der Waals surface area (Å²) in [4.78, 5) is 35.4. The zero-order valence-electron chi connectivity index (χ0n) is 10.5. The van der Waals surface area contributed by atoms with E-state index in [9.17, 15) is 14.4 Å². The van der Waals surface area contributed by atoms with Crippen molar-refractivity contribution in [2.45, 2.75) is 33.1 Å². The predicted molar refractivity (Wildman–Crippen MR) is 64.9 cm³/mol. The largest absolute Gasteiger partial charge is 0.298 e. The minimum atomic E-state index is -1.63. The zero-order valence-corrected chi connectivity index (χ0v) is 10.5. The van der Waals surface area contributed by atoms with Gasteiger partial charge in [-0.3, -0.25) is 14.4 Å². The molecule has 0 aliphatic heterocycles. The Kier molecular flexibility index (Phi) is 3.61. The van der Waals surface area contributed by atoms with Crippen LogP contribution in [0.15, 0.2) is 24.3 Å². The van der Waals surface area contributed by atoms with Gasteiger partial charge >= 0.3 is 0 Å². The van der Waals surface area contributed by atoms with Crippen molar-refractivity contribution in [3.63, 3.8) is 0 Å². The number of hydrogen-bond acceptors (Lipinski definition) is 3. The number of hydrogen-bond donors (Lipinski definition) is 0. The average Bonchev–Trinajstić information content (AvgIpc) is 2.20. The average molecular weight is 232 g/mol. The fourth-order valence-corrected chi connectivity index (χ4v) is 2.16. The van der Waals surface area contributed by atoms with Gasteiger partial charge in [0.2, 0.25) is 0 Å². The lowest BCUT2D eigenvalue weighted by molar-refractivity contribution is -0.140. The molecule has 0 N–H and O–H groups in total. The van der Waals surface area contributed by atoms with Gasteiger partial charge in [-0.15, -0.1) is 0 Å². The molecule has 0 aromatic heterocycles. The number of benzene rings is 1. The molecule has 90 valence electrons. The van der Waals surface area contributed by atoms with Gasteiger partial charge in [-0.2, -0.15) is 0 Å². The van der Waals surface area contributed by atoms with E-state index in [1.165, 1.54) is 20.8 Å². The molecular weight excluding hydrogens is 216 g/mol. The molecule has 0 amide bonds. The Hall–Kier alpha value is -1.77. The van der Waals surface area contributed by atoms with Crippen LogP contribution in [0.4, 0.5) is 0 Å². The molecule has 0 saturated carbocycles. The number of carbonyl (C=O) groups is 3. The van der Waals surface area contributed by atoms with Crippen LogP contribution >= 0.6 is 0 Å². The van der Waals surface area contributed by atoms with Crippen molar-refractivity contribution in [3.05, 3.63) is 35.4 Å². The van der Waals surface area contributed by atoms with E-state index in [1.54, 1.807) is 24.3 Å². The Morgan fingerprint density at radius 2 is 1.18 bits per heavy atom. The molecule has 0 saturated heterocycles. The van der Waals surface area contributed by atoms with E-state index in [2.05, 4.69) is 0 Å². The van der Waals surface area contributed by atoms with Gasteiger partial charge in [-0.05, 0) is 33.3 Å². The summed E-state index contributed by atoms with van der Waals surface area (Å²) in [6.45, 7) is 5.74. The van der Waals surface area contributed by atoms with E-state index in [0.29, 0.717) is 5.56 Å². The molecule has 0 radical (unpaired) electrons. The number of ketones is 3. The summed E-state index contributed by atoms with van der Waals surface area (Å²) in [5.74, 6) is -1.29. The van der Waals surface area contributed by atoms with Crippen LogP contribution in [0.25, 0.3) is 0 Å². The molecule has 0 aliphatic rings. The monoisotopic (exact) mass is 232 g/mol. The number of rotatable bonds is 4. The fraction of sp³-hybridized carbons (Fsp3) is 0.357. The van der Waals surface area contributed by atoms with Crippen molar-refractivity contribution < 1.29 is 14.4 Å². The third-order valence-corrected chi connectivity index (χ3v) is 3.07. The van der Waals surface area contributed by atoms with Crippen molar-refractivity contribution in [2.24, 2.45) is 0 Å². The second-order valence-corrected chi connectivity index (χ2v) is 4.28. The minimum Gasteiger partial charge on any atom is -0.298 e. The predicted octanol–water partition coefficient (Wildman–Crippen LogP) is 2.00. The highest BCUT2D eigenvalue weighted by Gasteiger charge is 2.46. The van der Waals surface area contributed by atoms with Crippen molar-refractivity contribution in [3.8, 4) is 0 Å². The van der Waals surface area contributed by atoms with Crippen LogP contribution in [-0.2, 0) is 19.8 Å². The van der Waals surface area contributed by atoms with Crippen molar-refractivity contribution >= 4 is 17.3 Å². The topological polar surface area (TPSA) is 51.2 Å². The maximum Gasteiger partial charge on any atom is 0.169 e. The molecule has 0 fully saturated rings. The van der Waals surface area contributed by atoms with Crippen LogP contribution in [0.1, 0.15) is 31.9 Å². The Bertz CT molecular complexity index is 433. The van der Waals surface area contributed by atoms with Gasteiger partial charge in [0.05, 0.1) is 0 Å². The minimum absolute atomic E-state index is 0.429. The third-order valence-electron chi connectivity index (χ3n) is 3.07. The molecule has 1 rings (SSSR count). The molecule has 0 unspecified atom stereocenters. The van der Waals surface area contributed by atoms with Gasteiger partial charge in [-0.1, -0.05) is 29.8 Å². The number of aryl methyl sites for hydroxylation is 1. The van der Waals surface area contributed by atoms with Gasteiger partial charge in [0.1, 0.15) is 0 Å². The Balaban J connectivity index is 3.53. The Morgan fingerprint density at radius 3 is 1.47 bits per heavy atom. The highest BCUT2D eigenvalue weighted by atomic mass is 16.2. The first-order valence-electron chi connectivity index (χ1n) is 5.43. The summed E-state index contributed by atoms with van der Waals surface area (Å²) in [5.41, 5.74) is -0.165. The molecule has 3 heteroatoms. The van der Waals surface area contributed by atoms with Crippen LogP contribution in [0.2, 0.25) is 0 Å². The zero-order chi connectivity index (χ0) is 13.2. The van der Waals surface area contributed by atoms with E-state index >= 15 is 0 Å². The molecule has 0 bridgehead atoms. The fourth-order valence-electron chi connectivity index (χ4n) is 2.16. The summed E-state index contributed by atoms with van der Waals surface area (Å²) in [7, 11) is 0. The first-order chi connectivity index (χ1) is 7.83. The van der Waals surface area contributed by atoms with Gasteiger partial charge in [-0.25, -0.2) is 0 Å². The van der Waals surface area contributed by atoms with Crippen LogP contribution < -0.4 is 0 Å². The molecule has 0 spiro atoms. The standard InChI is InChI=1S/C14H16O3/c1-9-5-7-13(8-6-9)14(10(2)15,11(3)16)12(4)17/h5-8H,1-4H3. The summed E-state index contributed by atoms with van der Waals surface area (Å²) in [6.07, 6.45) is 0. The summed E-state index contributed by atoms with van der Waals surface area (Å²) in [5, 5.41) is 0. The van der Waals surface area contributed by atoms with Crippen LogP contribution in [-0.4, -0.2) is 17.3 Å². The first kappa shape index (κ1) is 13.3. The lowest BCUT2D eigenvalue weighted by Gasteiger charge is -2.26. The van der Waals surface area contributed by atoms with Crippen LogP contribution in [0, 0.1) is 6.92 Å². The number of carbonyl (C=O) groups excluding carboxylic acids is 3. The molecule has 0 aliphatic carbocycles. The first-order valence-corrected chi connectivity index (χ1v) is 5.43. The molecule has 0 heterocycles. The summed E-state index contributed by atoms with van der Waals surface area (Å²) < 4.78 is 0. The molecule has 17 heavy (non-hydrogen) atoms. The quantitative estimate of drug-likeness (QED) is 0.746. The molecule has 3 nitrogen and oxygen atoms in total. The SMILES string of the molecule is CC(=O)C(C(C)=O)(C(C)=O)c1ccc(C)cc1. The molecule has 1 aromatic carbocycles. The van der Waals surface area contributed by atoms with Crippen LogP contribution in [0.3, 0.4) is 0 Å². The van der Waals surface area contributed by atoms with Crippen LogP contribution in [0.5, 0.6) is 0 Å². The Labute approximate surface area is 101 Å². The van der Waals surface area contributed by atoms with E-state index in [4.69, 9.17) is 0 Å². The van der Waals surface area contributed by atoms with E-state index in [0.717, 1.165) is 5.56 Å². The van der Waals surface area contributed by atoms with E-state index in [-0.39, 0.29) is 0 Å². The molecule has 0 atom stereocenters. The number of Topliss-reactive ketones (excluding diaryl/α,β-unsaturated/α-hetero) is 3. The summed E-state index contributed by atoms with van der Waals surface area (Å²) >= 11 is 0. The van der Waals surface area contributed by atoms with E-state index in [1.807, 2.05) is 6.92 Å². The lowest BCUT2D eigenvalue weighted by Crippen LogP contribution is -2.47. The molecule has 1 aromatic rings. The smallest absolute Gasteiger partial charge is 0.169 e. The van der Waals surface area contributed by atoms with Crippen molar-refractivity contribution in [1.82, 2.24) is 0 Å². The van der Waals surface area contributed by atoms with Gasteiger partial charge in [0.15, 0.2) is 22.8 Å². The van der Waals surface area contributed by atoms with Gasteiger partial charge in [0, 0.05) is 0 Å². The van der Waals surface area contributed by atoms with Crippen molar-refractivity contribution in [2.75, 3.05) is 0 Å².